The van der Waals surface area contributed by atoms with Crippen molar-refractivity contribution in [2.75, 3.05) is 23.8 Å². The number of aryl methyl sites for hydroxylation is 1. The standard InChI is InChI=1S/C27H24ClN5O2/c1-33-25-13-18(30-19-15-34-16-19)7-11-24(25)32-27(33)29-14-17-5-8-20(9-6-17)35-26-12-10-21-22(28)3-2-4-23(21)31-26/h2-13,19,30H,14-16H2,1H3,(H,29,32). The molecule has 1 aliphatic heterocycles. The molecular weight excluding hydrogens is 462 g/mol. The molecule has 0 saturated carbocycles. The molecule has 8 heteroatoms. The number of benzene rings is 3. The minimum Gasteiger partial charge on any atom is -0.439 e. The zero-order valence-electron chi connectivity index (χ0n) is 19.2. The molecule has 7 nitrogen and oxygen atoms in total. The van der Waals surface area contributed by atoms with Crippen LogP contribution >= 0.6 is 11.6 Å². The highest BCUT2D eigenvalue weighted by Gasteiger charge is 2.18. The lowest BCUT2D eigenvalue weighted by Gasteiger charge is -2.27. The van der Waals surface area contributed by atoms with Crippen LogP contribution in [0.1, 0.15) is 5.56 Å². The highest BCUT2D eigenvalue weighted by molar-refractivity contribution is 6.35. The van der Waals surface area contributed by atoms with Gasteiger partial charge in [-0.05, 0) is 54.1 Å². The molecule has 0 amide bonds. The molecule has 0 spiro atoms. The Balaban J connectivity index is 1.11. The average Bonchev–Trinajstić information content (AvgIpc) is 3.16. The number of imidazole rings is 1. The molecule has 1 aliphatic rings. The number of ether oxygens (including phenoxy) is 2. The lowest BCUT2D eigenvalue weighted by Crippen LogP contribution is -2.40. The lowest BCUT2D eigenvalue weighted by atomic mass is 10.2. The van der Waals surface area contributed by atoms with Crippen molar-refractivity contribution in [2.24, 2.45) is 7.05 Å². The third-order valence-electron chi connectivity index (χ3n) is 6.14. The summed E-state index contributed by atoms with van der Waals surface area (Å²) < 4.78 is 13.3. The van der Waals surface area contributed by atoms with Gasteiger partial charge >= 0.3 is 0 Å². The summed E-state index contributed by atoms with van der Waals surface area (Å²) in [6, 6.07) is 24.0. The summed E-state index contributed by atoms with van der Waals surface area (Å²) >= 11 is 6.23. The van der Waals surface area contributed by atoms with Crippen molar-refractivity contribution in [1.29, 1.82) is 0 Å². The van der Waals surface area contributed by atoms with Gasteiger partial charge in [-0.25, -0.2) is 9.97 Å². The highest BCUT2D eigenvalue weighted by atomic mass is 35.5. The molecule has 3 heterocycles. The van der Waals surface area contributed by atoms with Gasteiger partial charge in [0.2, 0.25) is 11.8 Å². The zero-order chi connectivity index (χ0) is 23.8. The summed E-state index contributed by atoms with van der Waals surface area (Å²) in [4.78, 5) is 9.29. The van der Waals surface area contributed by atoms with E-state index >= 15 is 0 Å². The van der Waals surface area contributed by atoms with Gasteiger partial charge in [-0.1, -0.05) is 29.8 Å². The zero-order valence-corrected chi connectivity index (χ0v) is 19.9. The van der Waals surface area contributed by atoms with Crippen LogP contribution in [0.25, 0.3) is 21.9 Å². The van der Waals surface area contributed by atoms with Crippen molar-refractivity contribution in [1.82, 2.24) is 14.5 Å². The van der Waals surface area contributed by atoms with E-state index in [1.165, 1.54) is 0 Å². The topological polar surface area (TPSA) is 73.2 Å². The van der Waals surface area contributed by atoms with Crippen LogP contribution in [0.5, 0.6) is 11.6 Å². The Bertz CT molecular complexity index is 1510. The Labute approximate surface area is 207 Å². The van der Waals surface area contributed by atoms with Gasteiger partial charge in [-0.2, -0.15) is 0 Å². The Morgan fingerprint density at radius 1 is 1.00 bits per heavy atom. The van der Waals surface area contributed by atoms with Crippen LogP contribution < -0.4 is 15.4 Å². The molecule has 0 bridgehead atoms. The van der Waals surface area contributed by atoms with Gasteiger partial charge < -0.3 is 24.7 Å². The Hall–Kier alpha value is -3.81. The van der Waals surface area contributed by atoms with Crippen LogP contribution in [0.15, 0.2) is 72.8 Å². The summed E-state index contributed by atoms with van der Waals surface area (Å²) in [5.41, 5.74) is 5.04. The Morgan fingerprint density at radius 3 is 2.66 bits per heavy atom. The summed E-state index contributed by atoms with van der Waals surface area (Å²) in [5, 5.41) is 8.52. The minimum absolute atomic E-state index is 0.390. The molecule has 1 fully saturated rings. The van der Waals surface area contributed by atoms with Gasteiger partial charge in [0.15, 0.2) is 0 Å². The van der Waals surface area contributed by atoms with Gasteiger partial charge in [-0.15, -0.1) is 0 Å². The van der Waals surface area contributed by atoms with E-state index in [1.54, 1.807) is 0 Å². The summed E-state index contributed by atoms with van der Waals surface area (Å²) in [5.74, 6) is 2.08. The number of anilines is 2. The Morgan fingerprint density at radius 2 is 1.86 bits per heavy atom. The smallest absolute Gasteiger partial charge is 0.219 e. The molecular formula is C27H24ClN5O2. The van der Waals surface area contributed by atoms with Crippen molar-refractivity contribution in [3.8, 4) is 11.6 Å². The first-order valence-corrected chi connectivity index (χ1v) is 11.9. The van der Waals surface area contributed by atoms with E-state index in [0.29, 0.717) is 23.5 Å². The normalized spacial score (nSPS) is 13.7. The van der Waals surface area contributed by atoms with Crippen LogP contribution in [0.2, 0.25) is 5.02 Å². The number of hydrogen-bond donors (Lipinski definition) is 2. The molecule has 0 unspecified atom stereocenters. The maximum absolute atomic E-state index is 6.23. The fraction of sp³-hybridized carbons (Fsp3) is 0.185. The van der Waals surface area contributed by atoms with Crippen LogP contribution in [0, 0.1) is 0 Å². The van der Waals surface area contributed by atoms with E-state index in [0.717, 1.165) is 58.1 Å². The number of fused-ring (bicyclic) bond motifs is 2. The van der Waals surface area contributed by atoms with Crippen LogP contribution in [0.3, 0.4) is 0 Å². The van der Waals surface area contributed by atoms with E-state index < -0.39 is 0 Å². The minimum atomic E-state index is 0.390. The first-order valence-electron chi connectivity index (χ1n) is 11.5. The fourth-order valence-corrected chi connectivity index (χ4v) is 4.36. The highest BCUT2D eigenvalue weighted by Crippen LogP contribution is 2.27. The van der Waals surface area contributed by atoms with Gasteiger partial charge in [0.25, 0.3) is 0 Å². The van der Waals surface area contributed by atoms with Crippen molar-refractivity contribution in [3.63, 3.8) is 0 Å². The third-order valence-corrected chi connectivity index (χ3v) is 6.47. The van der Waals surface area contributed by atoms with E-state index in [-0.39, 0.29) is 0 Å². The maximum Gasteiger partial charge on any atom is 0.219 e. The van der Waals surface area contributed by atoms with Crippen LogP contribution in [0.4, 0.5) is 11.6 Å². The molecule has 176 valence electrons. The second kappa shape index (κ2) is 9.09. The first kappa shape index (κ1) is 21.7. The SMILES string of the molecule is Cn1c(NCc2ccc(Oc3ccc4c(Cl)cccc4n3)cc2)nc2ccc(NC3COC3)cc21. The number of halogens is 1. The van der Waals surface area contributed by atoms with Crippen LogP contribution in [-0.2, 0) is 18.3 Å². The number of hydrogen-bond acceptors (Lipinski definition) is 6. The van der Waals surface area contributed by atoms with Crippen molar-refractivity contribution < 1.29 is 9.47 Å². The second-order valence-corrected chi connectivity index (χ2v) is 9.04. The number of nitrogens with one attached hydrogen (secondary N) is 2. The van der Waals surface area contributed by atoms with E-state index in [9.17, 15) is 0 Å². The predicted octanol–water partition coefficient (Wildman–Crippen LogP) is 5.99. The quantitative estimate of drug-likeness (QED) is 0.295. The Kier molecular flexibility index (Phi) is 5.64. The summed E-state index contributed by atoms with van der Waals surface area (Å²) in [7, 11) is 2.02. The number of nitrogens with zero attached hydrogens (tertiary/aromatic N) is 3. The molecule has 2 N–H and O–H groups in total. The van der Waals surface area contributed by atoms with E-state index in [4.69, 9.17) is 26.1 Å². The summed E-state index contributed by atoms with van der Waals surface area (Å²) in [6.45, 7) is 2.16. The van der Waals surface area contributed by atoms with Gasteiger partial charge in [0, 0.05) is 35.8 Å². The number of aromatic nitrogens is 3. The molecule has 0 atom stereocenters. The van der Waals surface area contributed by atoms with Gasteiger partial charge in [0.05, 0.1) is 35.8 Å². The van der Waals surface area contributed by atoms with Gasteiger partial charge in [-0.3, -0.25) is 0 Å². The first-order chi connectivity index (χ1) is 17.1. The largest absolute Gasteiger partial charge is 0.439 e. The van der Waals surface area contributed by atoms with Crippen LogP contribution in [-0.4, -0.2) is 33.8 Å². The van der Waals surface area contributed by atoms with E-state index in [2.05, 4.69) is 32.3 Å². The van der Waals surface area contributed by atoms with E-state index in [1.807, 2.05) is 67.7 Å². The third kappa shape index (κ3) is 4.48. The molecule has 2 aromatic heterocycles. The molecule has 35 heavy (non-hydrogen) atoms. The monoisotopic (exact) mass is 485 g/mol. The number of rotatable bonds is 7. The molecule has 1 saturated heterocycles. The van der Waals surface area contributed by atoms with Crippen molar-refractivity contribution in [3.05, 3.63) is 83.4 Å². The molecule has 5 aromatic rings. The molecule has 0 radical (unpaired) electrons. The van der Waals surface area contributed by atoms with Gasteiger partial charge in [0.1, 0.15) is 5.75 Å². The van der Waals surface area contributed by atoms with Crippen molar-refractivity contribution >= 4 is 45.2 Å². The second-order valence-electron chi connectivity index (χ2n) is 8.63. The van der Waals surface area contributed by atoms with Crippen molar-refractivity contribution in [2.45, 2.75) is 12.6 Å². The lowest BCUT2D eigenvalue weighted by molar-refractivity contribution is 0.0211. The molecule has 6 rings (SSSR count). The fourth-order valence-electron chi connectivity index (χ4n) is 4.13. The molecule has 3 aromatic carbocycles. The summed E-state index contributed by atoms with van der Waals surface area (Å²) in [6.07, 6.45) is 0. The molecule has 0 aliphatic carbocycles. The predicted molar refractivity (Wildman–Crippen MR) is 140 cm³/mol. The maximum atomic E-state index is 6.23. The number of pyridine rings is 1. The average molecular weight is 486 g/mol.